The Balaban J connectivity index is 2.56. The van der Waals surface area contributed by atoms with Gasteiger partial charge in [0, 0.05) is 13.1 Å². The molecule has 6 heteroatoms. The number of alkyl halides is 3. The second kappa shape index (κ2) is 4.16. The molecule has 0 radical (unpaired) electrons. The fraction of sp³-hybridized carbons (Fsp3) is 0.875. The Morgan fingerprint density at radius 3 is 2.57 bits per heavy atom. The first-order valence-electron chi connectivity index (χ1n) is 4.30. The molecule has 0 aliphatic carbocycles. The fourth-order valence-corrected chi connectivity index (χ4v) is 1.54. The molecule has 0 bridgehead atoms. The van der Waals surface area contributed by atoms with Crippen molar-refractivity contribution in [3.05, 3.63) is 0 Å². The summed E-state index contributed by atoms with van der Waals surface area (Å²) in [6, 6.07) is 0. The summed E-state index contributed by atoms with van der Waals surface area (Å²) in [4.78, 5) is 11.0. The largest absolute Gasteiger partial charge is 0.469 e. The third-order valence-corrected chi connectivity index (χ3v) is 2.35. The highest BCUT2D eigenvalue weighted by atomic mass is 19.4. The zero-order valence-corrected chi connectivity index (χ0v) is 7.73. The van der Waals surface area contributed by atoms with Crippen LogP contribution in [0.3, 0.4) is 0 Å². The number of ether oxygens (including phenoxy) is 1. The molecule has 1 fully saturated rings. The van der Waals surface area contributed by atoms with Crippen LogP contribution in [0.2, 0.25) is 0 Å². The zero-order chi connectivity index (χ0) is 10.8. The number of nitrogens with one attached hydrogen (secondary N) is 1. The van der Waals surface area contributed by atoms with Gasteiger partial charge < -0.3 is 10.1 Å². The Kier molecular flexibility index (Phi) is 3.36. The maximum atomic E-state index is 12.3. The first-order valence-corrected chi connectivity index (χ1v) is 4.30. The first kappa shape index (κ1) is 11.3. The van der Waals surface area contributed by atoms with E-state index in [1.165, 1.54) is 7.11 Å². The molecule has 0 unspecified atom stereocenters. The van der Waals surface area contributed by atoms with E-state index in [4.69, 9.17) is 0 Å². The normalized spacial score (nSPS) is 28.6. The standard InChI is InChI=1S/C8H12F3NO2/c1-14-7(13)5-2-6(4-12-3-5)8(9,10)11/h5-6,12H,2-4H2,1H3/t5-,6+/m1/s1. The maximum absolute atomic E-state index is 12.3. The lowest BCUT2D eigenvalue weighted by Crippen LogP contribution is -2.45. The number of methoxy groups -OCH3 is 1. The number of halogens is 3. The molecule has 0 amide bonds. The number of hydrogen-bond donors (Lipinski definition) is 1. The van der Waals surface area contributed by atoms with Gasteiger partial charge >= 0.3 is 12.1 Å². The molecule has 0 aromatic heterocycles. The Bertz CT molecular complexity index is 217. The third-order valence-electron chi connectivity index (χ3n) is 2.35. The van der Waals surface area contributed by atoms with Crippen LogP contribution in [0.1, 0.15) is 6.42 Å². The molecule has 0 aromatic carbocycles. The van der Waals surface area contributed by atoms with Gasteiger partial charge in [0.05, 0.1) is 18.9 Å². The number of piperidine rings is 1. The van der Waals surface area contributed by atoms with E-state index in [1.807, 2.05) is 0 Å². The summed E-state index contributed by atoms with van der Waals surface area (Å²) in [6.45, 7) is 0.149. The molecule has 1 aliphatic heterocycles. The lowest BCUT2D eigenvalue weighted by atomic mass is 9.90. The highest BCUT2D eigenvalue weighted by Crippen LogP contribution is 2.32. The van der Waals surface area contributed by atoms with Crippen LogP contribution < -0.4 is 5.32 Å². The number of hydrogen-bond acceptors (Lipinski definition) is 3. The van der Waals surface area contributed by atoms with Crippen LogP contribution in [-0.2, 0) is 9.53 Å². The van der Waals surface area contributed by atoms with Crippen molar-refractivity contribution in [3.8, 4) is 0 Å². The predicted molar refractivity (Wildman–Crippen MR) is 42.5 cm³/mol. The smallest absolute Gasteiger partial charge is 0.393 e. The molecule has 1 aliphatic rings. The van der Waals surface area contributed by atoms with Crippen molar-refractivity contribution in [2.24, 2.45) is 11.8 Å². The van der Waals surface area contributed by atoms with Crippen molar-refractivity contribution < 1.29 is 22.7 Å². The van der Waals surface area contributed by atoms with Gasteiger partial charge in [-0.25, -0.2) is 0 Å². The van der Waals surface area contributed by atoms with Gasteiger partial charge in [-0.15, -0.1) is 0 Å². The highest BCUT2D eigenvalue weighted by molar-refractivity contribution is 5.72. The Labute approximate surface area is 79.6 Å². The Morgan fingerprint density at radius 2 is 2.07 bits per heavy atom. The second-order valence-corrected chi connectivity index (χ2v) is 3.35. The molecule has 0 saturated carbocycles. The Hall–Kier alpha value is -0.780. The van der Waals surface area contributed by atoms with Crippen LogP contribution in [0, 0.1) is 11.8 Å². The maximum Gasteiger partial charge on any atom is 0.393 e. The molecule has 0 aromatic rings. The molecular weight excluding hydrogens is 199 g/mol. The van der Waals surface area contributed by atoms with Gasteiger partial charge in [0.25, 0.3) is 0 Å². The van der Waals surface area contributed by atoms with Crippen LogP contribution >= 0.6 is 0 Å². The summed E-state index contributed by atoms with van der Waals surface area (Å²) in [5, 5.41) is 2.59. The SMILES string of the molecule is COC(=O)[C@H]1CNC[C@@H](C(F)(F)F)C1. The average Bonchev–Trinajstić information content (AvgIpc) is 2.15. The minimum Gasteiger partial charge on any atom is -0.469 e. The van der Waals surface area contributed by atoms with E-state index in [0.717, 1.165) is 0 Å². The van der Waals surface area contributed by atoms with Crippen molar-refractivity contribution in [3.63, 3.8) is 0 Å². The van der Waals surface area contributed by atoms with Gasteiger partial charge in [0.15, 0.2) is 0 Å². The van der Waals surface area contributed by atoms with Crippen LogP contribution in [0.5, 0.6) is 0 Å². The molecule has 1 N–H and O–H groups in total. The fourth-order valence-electron chi connectivity index (χ4n) is 1.54. The third kappa shape index (κ3) is 2.60. The zero-order valence-electron chi connectivity index (χ0n) is 7.73. The number of carbonyl (C=O) groups is 1. The van der Waals surface area contributed by atoms with Crippen molar-refractivity contribution in [2.75, 3.05) is 20.2 Å². The van der Waals surface area contributed by atoms with Crippen LogP contribution in [0.4, 0.5) is 13.2 Å². The Morgan fingerprint density at radius 1 is 1.43 bits per heavy atom. The molecule has 3 nitrogen and oxygen atoms in total. The lowest BCUT2D eigenvalue weighted by molar-refractivity contribution is -0.184. The van der Waals surface area contributed by atoms with E-state index in [0.29, 0.717) is 0 Å². The summed E-state index contributed by atoms with van der Waals surface area (Å²) >= 11 is 0. The molecule has 1 rings (SSSR count). The van der Waals surface area contributed by atoms with E-state index >= 15 is 0 Å². The number of rotatable bonds is 1. The summed E-state index contributed by atoms with van der Waals surface area (Å²) < 4.78 is 41.3. The van der Waals surface area contributed by atoms with E-state index < -0.39 is 24.0 Å². The molecule has 82 valence electrons. The summed E-state index contributed by atoms with van der Waals surface area (Å²) in [6.07, 6.45) is -4.41. The van der Waals surface area contributed by atoms with E-state index in [9.17, 15) is 18.0 Å². The molecule has 1 saturated heterocycles. The van der Waals surface area contributed by atoms with E-state index in [-0.39, 0.29) is 19.5 Å². The van der Waals surface area contributed by atoms with Gasteiger partial charge in [-0.1, -0.05) is 0 Å². The highest BCUT2D eigenvalue weighted by Gasteiger charge is 2.43. The molecule has 2 atom stereocenters. The predicted octanol–water partition coefficient (Wildman–Crippen LogP) is 0.947. The topological polar surface area (TPSA) is 38.3 Å². The average molecular weight is 211 g/mol. The van der Waals surface area contributed by atoms with Crippen molar-refractivity contribution in [1.29, 1.82) is 0 Å². The van der Waals surface area contributed by atoms with Gasteiger partial charge in [0.2, 0.25) is 0 Å². The monoisotopic (exact) mass is 211 g/mol. The van der Waals surface area contributed by atoms with Crippen molar-refractivity contribution in [1.82, 2.24) is 5.32 Å². The summed E-state index contributed by atoms with van der Waals surface area (Å²) in [7, 11) is 1.18. The number of esters is 1. The van der Waals surface area contributed by atoms with E-state index in [2.05, 4.69) is 10.1 Å². The van der Waals surface area contributed by atoms with Gasteiger partial charge in [-0.2, -0.15) is 13.2 Å². The van der Waals surface area contributed by atoms with Gasteiger partial charge in [-0.3, -0.25) is 4.79 Å². The molecule has 1 heterocycles. The summed E-state index contributed by atoms with van der Waals surface area (Å²) in [5.41, 5.74) is 0. The molecule has 0 spiro atoms. The quantitative estimate of drug-likeness (QED) is 0.656. The van der Waals surface area contributed by atoms with Gasteiger partial charge in [-0.05, 0) is 6.42 Å². The second-order valence-electron chi connectivity index (χ2n) is 3.35. The first-order chi connectivity index (χ1) is 6.45. The number of carbonyl (C=O) groups excluding carboxylic acids is 1. The van der Waals surface area contributed by atoms with Crippen LogP contribution in [-0.4, -0.2) is 32.3 Å². The molecule has 14 heavy (non-hydrogen) atoms. The minimum atomic E-state index is -4.24. The minimum absolute atomic E-state index is 0.114. The van der Waals surface area contributed by atoms with Gasteiger partial charge in [0.1, 0.15) is 0 Å². The van der Waals surface area contributed by atoms with Crippen molar-refractivity contribution >= 4 is 5.97 Å². The molecular formula is C8H12F3NO2. The summed E-state index contributed by atoms with van der Waals surface area (Å²) in [5.74, 6) is -2.70. The van der Waals surface area contributed by atoms with Crippen molar-refractivity contribution in [2.45, 2.75) is 12.6 Å². The van der Waals surface area contributed by atoms with Crippen LogP contribution in [0.15, 0.2) is 0 Å². The van der Waals surface area contributed by atoms with E-state index in [1.54, 1.807) is 0 Å². The lowest BCUT2D eigenvalue weighted by Gasteiger charge is -2.29. The van der Waals surface area contributed by atoms with Crippen LogP contribution in [0.25, 0.3) is 0 Å².